The fraction of sp³-hybridized carbons (Fsp3) is 0.500. The summed E-state index contributed by atoms with van der Waals surface area (Å²) in [4.78, 5) is 49.8. The van der Waals surface area contributed by atoms with Crippen LogP contribution in [0.15, 0.2) is 24.3 Å². The summed E-state index contributed by atoms with van der Waals surface area (Å²) in [6.07, 6.45) is 0.978. The number of rotatable bonds is 8. The average Bonchev–Trinajstić information content (AvgIpc) is 2.84. The van der Waals surface area contributed by atoms with E-state index in [4.69, 9.17) is 4.74 Å². The van der Waals surface area contributed by atoms with Gasteiger partial charge in [-0.25, -0.2) is 9.59 Å². The number of carbonyl (C=O) groups is 4. The molecule has 0 radical (unpaired) electrons. The van der Waals surface area contributed by atoms with E-state index in [-0.39, 0.29) is 6.42 Å². The lowest BCUT2D eigenvalue weighted by molar-refractivity contribution is -0.134. The summed E-state index contributed by atoms with van der Waals surface area (Å²) < 4.78 is 5.30. The van der Waals surface area contributed by atoms with E-state index in [2.05, 4.69) is 16.0 Å². The van der Waals surface area contributed by atoms with Crippen molar-refractivity contribution in [1.82, 2.24) is 20.9 Å². The summed E-state index contributed by atoms with van der Waals surface area (Å²) in [6.45, 7) is 5.52. The lowest BCUT2D eigenvalue weighted by atomic mass is 9.92. The van der Waals surface area contributed by atoms with Crippen molar-refractivity contribution in [1.29, 1.82) is 0 Å². The fourth-order valence-electron chi connectivity index (χ4n) is 3.07. The van der Waals surface area contributed by atoms with Gasteiger partial charge in [-0.1, -0.05) is 32.0 Å². The Hall–Kier alpha value is -3.10. The van der Waals surface area contributed by atoms with Crippen molar-refractivity contribution in [2.75, 3.05) is 20.2 Å². The summed E-state index contributed by atoms with van der Waals surface area (Å²) in [5, 5.41) is 7.34. The average molecular weight is 404 g/mol. The Bertz CT molecular complexity index is 795. The van der Waals surface area contributed by atoms with Gasteiger partial charge >= 0.3 is 12.1 Å². The number of nitrogens with one attached hydrogen (secondary N) is 3. The van der Waals surface area contributed by atoms with Crippen molar-refractivity contribution in [3.63, 3.8) is 0 Å². The molecule has 1 atom stereocenters. The van der Waals surface area contributed by atoms with Gasteiger partial charge < -0.3 is 15.4 Å². The number of benzene rings is 1. The van der Waals surface area contributed by atoms with E-state index in [0.29, 0.717) is 18.2 Å². The molecular formula is C20H28N4O5. The summed E-state index contributed by atoms with van der Waals surface area (Å²) in [5.41, 5.74) is -0.465. The van der Waals surface area contributed by atoms with E-state index in [1.54, 1.807) is 19.1 Å². The van der Waals surface area contributed by atoms with Crippen LogP contribution in [-0.4, -0.2) is 54.5 Å². The second kappa shape index (κ2) is 9.40. The molecule has 9 nitrogen and oxygen atoms in total. The number of urea groups is 2. The van der Waals surface area contributed by atoms with Crippen LogP contribution in [0.3, 0.4) is 0 Å². The maximum atomic E-state index is 12.8. The highest BCUT2D eigenvalue weighted by Crippen LogP contribution is 2.27. The largest absolute Gasteiger partial charge is 0.496 e. The quantitative estimate of drug-likeness (QED) is 0.567. The first-order valence-electron chi connectivity index (χ1n) is 9.50. The zero-order valence-corrected chi connectivity index (χ0v) is 17.2. The van der Waals surface area contributed by atoms with Crippen LogP contribution in [-0.2, 0) is 16.0 Å². The molecule has 0 unspecified atom stereocenters. The van der Waals surface area contributed by atoms with Gasteiger partial charge in [0.15, 0.2) is 0 Å². The minimum Gasteiger partial charge on any atom is -0.496 e. The minimum atomic E-state index is -1.22. The zero-order chi connectivity index (χ0) is 21.6. The van der Waals surface area contributed by atoms with Crippen LogP contribution >= 0.6 is 0 Å². The number of hydrogen-bond donors (Lipinski definition) is 3. The van der Waals surface area contributed by atoms with Gasteiger partial charge in [0.05, 0.1) is 7.11 Å². The molecule has 0 aromatic heterocycles. The van der Waals surface area contributed by atoms with Crippen molar-refractivity contribution in [3.05, 3.63) is 29.8 Å². The lowest BCUT2D eigenvalue weighted by Gasteiger charge is -2.22. The summed E-state index contributed by atoms with van der Waals surface area (Å²) >= 11 is 0. The number of methoxy groups -OCH3 is 1. The maximum Gasteiger partial charge on any atom is 0.325 e. The third kappa shape index (κ3) is 5.69. The van der Waals surface area contributed by atoms with Crippen LogP contribution in [0.2, 0.25) is 0 Å². The predicted octanol–water partition coefficient (Wildman–Crippen LogP) is 1.42. The summed E-state index contributed by atoms with van der Waals surface area (Å²) in [5.74, 6) is -0.260. The molecule has 1 aliphatic heterocycles. The van der Waals surface area contributed by atoms with Gasteiger partial charge in [0.1, 0.15) is 17.8 Å². The Morgan fingerprint density at radius 3 is 2.59 bits per heavy atom. The standard InChI is InChI=1S/C20H28N4O5/c1-13(2)9-10-21-18(27)22-16(25)12-24-17(26)20(3,23-19(24)28)11-14-7-5-6-8-15(14)29-4/h5-8,13H,9-12H2,1-4H3,(H,23,28)(H2,21,22,25,27)/t20-/m0/s1. The van der Waals surface area contributed by atoms with Gasteiger partial charge in [-0.3, -0.25) is 19.8 Å². The number of imide groups is 2. The van der Waals surface area contributed by atoms with Crippen molar-refractivity contribution < 1.29 is 23.9 Å². The van der Waals surface area contributed by atoms with E-state index in [1.807, 2.05) is 26.0 Å². The molecule has 1 aromatic rings. The molecule has 1 fully saturated rings. The Labute approximate surface area is 170 Å². The fourth-order valence-corrected chi connectivity index (χ4v) is 3.07. The molecule has 1 aliphatic rings. The second-order valence-corrected chi connectivity index (χ2v) is 7.63. The Morgan fingerprint density at radius 1 is 1.24 bits per heavy atom. The van der Waals surface area contributed by atoms with E-state index >= 15 is 0 Å². The van der Waals surface area contributed by atoms with Crippen LogP contribution in [0.25, 0.3) is 0 Å². The van der Waals surface area contributed by atoms with Crippen LogP contribution in [0.5, 0.6) is 5.75 Å². The first-order valence-corrected chi connectivity index (χ1v) is 9.50. The van der Waals surface area contributed by atoms with Gasteiger partial charge in [-0.15, -0.1) is 0 Å². The van der Waals surface area contributed by atoms with Crippen LogP contribution in [0.1, 0.15) is 32.8 Å². The molecule has 0 spiro atoms. The molecule has 29 heavy (non-hydrogen) atoms. The molecule has 158 valence electrons. The SMILES string of the molecule is COc1ccccc1C[C@]1(C)NC(=O)N(CC(=O)NC(=O)NCCC(C)C)C1=O. The monoisotopic (exact) mass is 404 g/mol. The molecule has 2 rings (SSSR count). The van der Waals surface area contributed by atoms with Crippen LogP contribution in [0, 0.1) is 5.92 Å². The molecule has 0 aliphatic carbocycles. The molecule has 1 saturated heterocycles. The van der Waals surface area contributed by atoms with Gasteiger partial charge in [-0.05, 0) is 30.9 Å². The van der Waals surface area contributed by atoms with E-state index in [0.717, 1.165) is 16.9 Å². The first-order chi connectivity index (χ1) is 13.7. The maximum absolute atomic E-state index is 12.8. The number of para-hydroxylation sites is 1. The van der Waals surface area contributed by atoms with Crippen molar-refractivity contribution in [3.8, 4) is 5.75 Å². The van der Waals surface area contributed by atoms with Gasteiger partial charge in [-0.2, -0.15) is 0 Å². The highest BCUT2D eigenvalue weighted by Gasteiger charge is 2.48. The Balaban J connectivity index is 1.97. The molecule has 6 amide bonds. The number of amides is 6. The van der Waals surface area contributed by atoms with E-state index in [9.17, 15) is 19.2 Å². The Kier molecular flexibility index (Phi) is 7.19. The molecular weight excluding hydrogens is 376 g/mol. The molecule has 0 saturated carbocycles. The highest BCUT2D eigenvalue weighted by atomic mass is 16.5. The van der Waals surface area contributed by atoms with Gasteiger partial charge in [0.25, 0.3) is 5.91 Å². The molecule has 0 bridgehead atoms. The minimum absolute atomic E-state index is 0.204. The van der Waals surface area contributed by atoms with E-state index < -0.39 is 36.0 Å². The molecule has 3 N–H and O–H groups in total. The third-order valence-electron chi connectivity index (χ3n) is 4.64. The predicted molar refractivity (Wildman–Crippen MR) is 106 cm³/mol. The van der Waals surface area contributed by atoms with Crippen molar-refractivity contribution in [2.45, 2.75) is 39.2 Å². The summed E-state index contributed by atoms with van der Waals surface area (Å²) in [6, 6.07) is 5.86. The smallest absolute Gasteiger partial charge is 0.325 e. The normalized spacial score (nSPS) is 18.6. The molecule has 9 heteroatoms. The third-order valence-corrected chi connectivity index (χ3v) is 4.64. The molecule has 1 aromatic carbocycles. The van der Waals surface area contributed by atoms with Gasteiger partial charge in [0.2, 0.25) is 5.91 Å². The second-order valence-electron chi connectivity index (χ2n) is 7.63. The Morgan fingerprint density at radius 2 is 1.93 bits per heavy atom. The van der Waals surface area contributed by atoms with Crippen LogP contribution < -0.4 is 20.7 Å². The summed E-state index contributed by atoms with van der Waals surface area (Å²) in [7, 11) is 1.53. The topological polar surface area (TPSA) is 117 Å². The number of hydrogen-bond acceptors (Lipinski definition) is 5. The number of ether oxygens (including phenoxy) is 1. The van der Waals surface area contributed by atoms with E-state index in [1.165, 1.54) is 7.11 Å². The van der Waals surface area contributed by atoms with Gasteiger partial charge in [0, 0.05) is 13.0 Å². The lowest BCUT2D eigenvalue weighted by Crippen LogP contribution is -2.48. The highest BCUT2D eigenvalue weighted by molar-refractivity contribution is 6.09. The number of nitrogens with zero attached hydrogens (tertiary/aromatic N) is 1. The zero-order valence-electron chi connectivity index (χ0n) is 17.2. The first kappa shape index (κ1) is 22.2. The van der Waals surface area contributed by atoms with Crippen molar-refractivity contribution >= 4 is 23.9 Å². The van der Waals surface area contributed by atoms with Crippen LogP contribution in [0.4, 0.5) is 9.59 Å². The number of carbonyl (C=O) groups excluding carboxylic acids is 4. The van der Waals surface area contributed by atoms with Crippen molar-refractivity contribution in [2.24, 2.45) is 5.92 Å². The molecule has 1 heterocycles.